The Hall–Kier alpha value is -2.18. The summed E-state index contributed by atoms with van der Waals surface area (Å²) in [6.07, 6.45) is 67.0. The number of ether oxygens (including phenoxy) is 1. The molecule has 2 unspecified atom stereocenters. The molecule has 0 rings (SSSR count). The molecule has 0 radical (unpaired) electrons. The van der Waals surface area contributed by atoms with Crippen molar-refractivity contribution in [2.24, 2.45) is 0 Å². The number of hydrogen-bond acceptors (Lipinski definition) is 5. The van der Waals surface area contributed by atoms with Crippen molar-refractivity contribution in [1.82, 2.24) is 5.32 Å². The molecule has 3 N–H and O–H groups in total. The summed E-state index contributed by atoms with van der Waals surface area (Å²) in [7, 11) is 0. The van der Waals surface area contributed by atoms with Crippen molar-refractivity contribution >= 4 is 11.9 Å². The van der Waals surface area contributed by atoms with Gasteiger partial charge in [-0.3, -0.25) is 9.59 Å². The first-order valence-electron chi connectivity index (χ1n) is 27.9. The zero-order chi connectivity index (χ0) is 46.5. The van der Waals surface area contributed by atoms with Gasteiger partial charge in [0.25, 0.3) is 0 Å². The summed E-state index contributed by atoms with van der Waals surface area (Å²) in [6.45, 7) is 4.84. The molecular weight excluding hydrogens is 791 g/mol. The SMILES string of the molecule is CCCCC/C=C\C/C=C\CCCCCCCC(=O)OCCCCCCCCCCCC/C=C\CCCCCCCCCC(=O)NC(CO)C(O)/C=C/CCCCCCCCCCC. The quantitative estimate of drug-likeness (QED) is 0.0321. The van der Waals surface area contributed by atoms with E-state index < -0.39 is 12.1 Å². The number of amides is 1. The number of unbranched alkanes of at least 4 members (excludes halogenated alkanes) is 34. The molecule has 6 nitrogen and oxygen atoms in total. The van der Waals surface area contributed by atoms with Crippen LogP contribution in [0, 0.1) is 0 Å². The van der Waals surface area contributed by atoms with Crippen LogP contribution in [0.3, 0.4) is 0 Å². The van der Waals surface area contributed by atoms with Gasteiger partial charge < -0.3 is 20.3 Å². The monoisotopic (exact) mass is 898 g/mol. The van der Waals surface area contributed by atoms with Crippen molar-refractivity contribution in [1.29, 1.82) is 0 Å². The van der Waals surface area contributed by atoms with E-state index in [-0.39, 0.29) is 18.5 Å². The van der Waals surface area contributed by atoms with E-state index in [9.17, 15) is 19.8 Å². The maximum atomic E-state index is 12.4. The maximum absolute atomic E-state index is 12.4. The molecule has 0 saturated heterocycles. The predicted octanol–water partition coefficient (Wildman–Crippen LogP) is 17.0. The van der Waals surface area contributed by atoms with Crippen LogP contribution in [-0.2, 0) is 14.3 Å². The van der Waals surface area contributed by atoms with E-state index in [0.717, 1.165) is 57.8 Å². The van der Waals surface area contributed by atoms with Gasteiger partial charge in [0.2, 0.25) is 5.91 Å². The van der Waals surface area contributed by atoms with E-state index in [1.54, 1.807) is 6.08 Å². The van der Waals surface area contributed by atoms with Crippen molar-refractivity contribution in [3.05, 3.63) is 48.6 Å². The Morgan fingerprint density at radius 3 is 1.23 bits per heavy atom. The fourth-order valence-electron chi connectivity index (χ4n) is 8.25. The third-order valence-corrected chi connectivity index (χ3v) is 12.6. The second-order valence-electron chi connectivity index (χ2n) is 18.9. The van der Waals surface area contributed by atoms with E-state index in [1.807, 2.05) is 6.08 Å². The largest absolute Gasteiger partial charge is 0.466 e. The van der Waals surface area contributed by atoms with Crippen molar-refractivity contribution in [3.63, 3.8) is 0 Å². The molecule has 2 atom stereocenters. The van der Waals surface area contributed by atoms with E-state index >= 15 is 0 Å². The molecule has 0 aromatic rings. The van der Waals surface area contributed by atoms with Gasteiger partial charge in [0.15, 0.2) is 0 Å². The van der Waals surface area contributed by atoms with Gasteiger partial charge >= 0.3 is 5.97 Å². The Bertz CT molecular complexity index is 1080. The number of nitrogens with one attached hydrogen (secondary N) is 1. The molecule has 6 heteroatoms. The number of aliphatic hydroxyl groups excluding tert-OH is 2. The van der Waals surface area contributed by atoms with Crippen molar-refractivity contribution in [2.75, 3.05) is 13.2 Å². The molecule has 0 aliphatic heterocycles. The first-order chi connectivity index (χ1) is 31.5. The first kappa shape index (κ1) is 61.8. The molecule has 0 fully saturated rings. The second-order valence-corrected chi connectivity index (χ2v) is 18.9. The normalized spacial score (nSPS) is 13.0. The minimum atomic E-state index is -0.848. The number of rotatable bonds is 51. The molecule has 0 aromatic heterocycles. The summed E-state index contributed by atoms with van der Waals surface area (Å²) in [5, 5.41) is 23.0. The standard InChI is InChI=1S/C58H107NO5/c1-3-5-7-9-11-13-15-16-24-28-32-36-40-44-48-52-58(63)64-53-49-45-41-37-33-29-26-23-21-19-17-18-20-22-25-27-31-35-39-43-47-51-57(62)59-55(54-60)56(61)50-46-42-38-34-30-14-12-10-8-6-4-2/h11,13,16,18,20,24,46,50,55-56,60-61H,3-10,12,14-15,17,19,21-23,25-45,47-49,51-54H2,1-2H3,(H,59,62)/b13-11-,20-18-,24-16-,50-46+. The number of allylic oxidation sites excluding steroid dienone is 7. The average Bonchev–Trinajstić information content (AvgIpc) is 3.29. The van der Waals surface area contributed by atoms with E-state index in [4.69, 9.17) is 4.74 Å². The van der Waals surface area contributed by atoms with E-state index in [0.29, 0.717) is 19.4 Å². The highest BCUT2D eigenvalue weighted by atomic mass is 16.5. The molecule has 0 aliphatic rings. The van der Waals surface area contributed by atoms with Gasteiger partial charge in [0, 0.05) is 12.8 Å². The van der Waals surface area contributed by atoms with Gasteiger partial charge in [-0.25, -0.2) is 0 Å². The van der Waals surface area contributed by atoms with Crippen LogP contribution < -0.4 is 5.32 Å². The molecule has 0 heterocycles. The average molecular weight is 898 g/mol. The van der Waals surface area contributed by atoms with Gasteiger partial charge in [-0.1, -0.05) is 229 Å². The number of hydrogen-bond donors (Lipinski definition) is 3. The van der Waals surface area contributed by atoms with Crippen LogP contribution in [0.1, 0.15) is 284 Å². The lowest BCUT2D eigenvalue weighted by molar-refractivity contribution is -0.143. The fraction of sp³-hybridized carbons (Fsp3) is 0.828. The van der Waals surface area contributed by atoms with E-state index in [1.165, 1.54) is 199 Å². The summed E-state index contributed by atoms with van der Waals surface area (Å²) in [5.74, 6) is -0.0854. The minimum absolute atomic E-state index is 0.00725. The number of aliphatic hydroxyl groups is 2. The van der Waals surface area contributed by atoms with Crippen molar-refractivity contribution in [2.45, 2.75) is 296 Å². The summed E-state index contributed by atoms with van der Waals surface area (Å²) in [5.41, 5.74) is 0. The smallest absolute Gasteiger partial charge is 0.305 e. The lowest BCUT2D eigenvalue weighted by Gasteiger charge is -2.20. The Kier molecular flexibility index (Phi) is 51.6. The van der Waals surface area contributed by atoms with Crippen molar-refractivity contribution in [3.8, 4) is 0 Å². The second kappa shape index (κ2) is 53.4. The van der Waals surface area contributed by atoms with Gasteiger partial charge in [-0.15, -0.1) is 0 Å². The zero-order valence-corrected chi connectivity index (χ0v) is 42.5. The molecule has 0 spiro atoms. The molecule has 64 heavy (non-hydrogen) atoms. The summed E-state index contributed by atoms with van der Waals surface area (Å²) < 4.78 is 5.47. The van der Waals surface area contributed by atoms with Crippen LogP contribution in [0.25, 0.3) is 0 Å². The maximum Gasteiger partial charge on any atom is 0.305 e. The van der Waals surface area contributed by atoms with Gasteiger partial charge in [-0.05, 0) is 89.9 Å². The Labute approximate surface area is 397 Å². The van der Waals surface area contributed by atoms with Crippen LogP contribution in [0.2, 0.25) is 0 Å². The lowest BCUT2D eigenvalue weighted by atomic mass is 10.0. The number of esters is 1. The molecule has 0 aromatic carbocycles. The third-order valence-electron chi connectivity index (χ3n) is 12.6. The molecule has 374 valence electrons. The minimum Gasteiger partial charge on any atom is -0.466 e. The molecular formula is C58H107NO5. The molecule has 0 bridgehead atoms. The summed E-state index contributed by atoms with van der Waals surface area (Å²) in [4.78, 5) is 24.4. The zero-order valence-electron chi connectivity index (χ0n) is 42.5. The Morgan fingerprint density at radius 2 is 0.781 bits per heavy atom. The summed E-state index contributed by atoms with van der Waals surface area (Å²) in [6, 6.07) is -0.633. The highest BCUT2D eigenvalue weighted by molar-refractivity contribution is 5.76. The first-order valence-corrected chi connectivity index (χ1v) is 27.9. The van der Waals surface area contributed by atoms with Crippen LogP contribution in [0.15, 0.2) is 48.6 Å². The third kappa shape index (κ3) is 49.3. The molecule has 1 amide bonds. The highest BCUT2D eigenvalue weighted by Crippen LogP contribution is 2.15. The van der Waals surface area contributed by atoms with Crippen LogP contribution >= 0.6 is 0 Å². The van der Waals surface area contributed by atoms with Crippen LogP contribution in [-0.4, -0.2) is 47.4 Å². The van der Waals surface area contributed by atoms with Gasteiger partial charge in [0.05, 0.1) is 25.4 Å². The van der Waals surface area contributed by atoms with Gasteiger partial charge in [-0.2, -0.15) is 0 Å². The predicted molar refractivity (Wildman–Crippen MR) is 278 cm³/mol. The van der Waals surface area contributed by atoms with Gasteiger partial charge in [0.1, 0.15) is 0 Å². The molecule has 0 saturated carbocycles. The number of carbonyl (C=O) groups excluding carboxylic acids is 2. The van der Waals surface area contributed by atoms with E-state index in [2.05, 4.69) is 55.6 Å². The Balaban J connectivity index is 3.44. The highest BCUT2D eigenvalue weighted by Gasteiger charge is 2.18. The molecule has 0 aliphatic carbocycles. The topological polar surface area (TPSA) is 95.9 Å². The number of carbonyl (C=O) groups is 2. The lowest BCUT2D eigenvalue weighted by Crippen LogP contribution is -2.45. The Morgan fingerprint density at radius 1 is 0.438 bits per heavy atom. The van der Waals surface area contributed by atoms with Crippen molar-refractivity contribution < 1.29 is 24.5 Å². The van der Waals surface area contributed by atoms with Crippen LogP contribution in [0.4, 0.5) is 0 Å². The summed E-state index contributed by atoms with van der Waals surface area (Å²) >= 11 is 0. The van der Waals surface area contributed by atoms with Crippen LogP contribution in [0.5, 0.6) is 0 Å². The fourth-order valence-corrected chi connectivity index (χ4v) is 8.25.